The van der Waals surface area contributed by atoms with Crippen LogP contribution >= 0.6 is 0 Å². The number of nitrogens with one attached hydrogen (secondary N) is 2. The molecule has 0 saturated heterocycles. The highest BCUT2D eigenvalue weighted by molar-refractivity contribution is 5.94. The minimum atomic E-state index is -0.0343. The van der Waals surface area contributed by atoms with Crippen LogP contribution in [-0.2, 0) is 4.74 Å². The lowest BCUT2D eigenvalue weighted by Gasteiger charge is -2.17. The van der Waals surface area contributed by atoms with Crippen LogP contribution in [0.25, 0.3) is 0 Å². The Kier molecular flexibility index (Phi) is 6.22. The van der Waals surface area contributed by atoms with Crippen LogP contribution in [0.4, 0.5) is 5.69 Å². The summed E-state index contributed by atoms with van der Waals surface area (Å²) in [5.74, 6) is -0.0343. The van der Waals surface area contributed by atoms with E-state index in [4.69, 9.17) is 4.74 Å². The molecule has 2 N–H and O–H groups in total. The van der Waals surface area contributed by atoms with Crippen LogP contribution in [0.5, 0.6) is 0 Å². The Morgan fingerprint density at radius 2 is 1.94 bits per heavy atom. The van der Waals surface area contributed by atoms with Gasteiger partial charge in [-0.2, -0.15) is 0 Å². The zero-order valence-electron chi connectivity index (χ0n) is 11.3. The third-order valence-electron chi connectivity index (χ3n) is 2.72. The number of carbonyl (C=O) groups excluding carboxylic acids is 1. The first kappa shape index (κ1) is 14.5. The van der Waals surface area contributed by atoms with Crippen LogP contribution in [-0.4, -0.2) is 32.2 Å². The fourth-order valence-electron chi connectivity index (χ4n) is 1.68. The molecule has 0 aliphatic heterocycles. The molecule has 18 heavy (non-hydrogen) atoms. The van der Waals surface area contributed by atoms with Crippen LogP contribution < -0.4 is 10.6 Å². The van der Waals surface area contributed by atoms with E-state index in [1.807, 2.05) is 31.2 Å². The summed E-state index contributed by atoms with van der Waals surface area (Å²) in [5.41, 5.74) is 1.69. The first-order valence-corrected chi connectivity index (χ1v) is 6.35. The minimum Gasteiger partial charge on any atom is -0.383 e. The molecule has 0 bridgehead atoms. The van der Waals surface area contributed by atoms with Gasteiger partial charge in [0.25, 0.3) is 5.91 Å². The van der Waals surface area contributed by atoms with Gasteiger partial charge in [0.15, 0.2) is 0 Å². The summed E-state index contributed by atoms with van der Waals surface area (Å²) in [7, 11) is 1.70. The number of anilines is 1. The van der Waals surface area contributed by atoms with Crippen LogP contribution in [0.1, 0.15) is 30.6 Å². The molecule has 1 aromatic carbocycles. The predicted octanol–water partition coefficient (Wildman–Crippen LogP) is 2.27. The number of hydrogen-bond donors (Lipinski definition) is 2. The molecule has 0 aliphatic carbocycles. The molecule has 0 saturated carbocycles. The second-order valence-corrected chi connectivity index (χ2v) is 4.14. The Morgan fingerprint density at radius 3 is 2.44 bits per heavy atom. The summed E-state index contributed by atoms with van der Waals surface area (Å²) in [5, 5.41) is 6.15. The van der Waals surface area contributed by atoms with E-state index in [0.29, 0.717) is 24.8 Å². The van der Waals surface area contributed by atoms with E-state index in [1.54, 1.807) is 7.11 Å². The highest BCUT2D eigenvalue weighted by atomic mass is 16.5. The van der Waals surface area contributed by atoms with Gasteiger partial charge in [-0.3, -0.25) is 4.79 Å². The summed E-state index contributed by atoms with van der Waals surface area (Å²) in [6, 6.07) is 7.79. The third kappa shape index (κ3) is 4.37. The van der Waals surface area contributed by atoms with Gasteiger partial charge in [-0.1, -0.05) is 6.92 Å². The van der Waals surface area contributed by atoms with E-state index in [9.17, 15) is 4.79 Å². The average Bonchev–Trinajstić information content (AvgIpc) is 2.39. The van der Waals surface area contributed by atoms with Gasteiger partial charge < -0.3 is 15.4 Å². The van der Waals surface area contributed by atoms with E-state index in [0.717, 1.165) is 12.1 Å². The molecular weight excluding hydrogens is 228 g/mol. The van der Waals surface area contributed by atoms with Gasteiger partial charge in [-0.05, 0) is 37.6 Å². The molecular formula is C14H22N2O2. The lowest BCUT2D eigenvalue weighted by atomic mass is 10.1. The molecule has 0 aliphatic rings. The average molecular weight is 250 g/mol. The van der Waals surface area contributed by atoms with E-state index in [1.165, 1.54) is 0 Å². The maximum Gasteiger partial charge on any atom is 0.251 e. The highest BCUT2D eigenvalue weighted by Crippen LogP contribution is 2.12. The molecule has 0 fully saturated rings. The van der Waals surface area contributed by atoms with Crippen molar-refractivity contribution in [3.63, 3.8) is 0 Å². The Labute approximate surface area is 109 Å². The van der Waals surface area contributed by atoms with E-state index < -0.39 is 0 Å². The number of hydrogen-bond acceptors (Lipinski definition) is 3. The maximum absolute atomic E-state index is 11.6. The van der Waals surface area contributed by atoms with Crippen LogP contribution in [0.15, 0.2) is 24.3 Å². The summed E-state index contributed by atoms with van der Waals surface area (Å²) in [4.78, 5) is 11.6. The molecule has 1 atom stereocenters. The van der Waals surface area contributed by atoms with Crippen LogP contribution in [0.2, 0.25) is 0 Å². The standard InChI is InChI=1S/C14H22N2O2/c1-4-12(10-18-3)16-13-8-6-11(7-9-13)14(17)15-5-2/h6-9,12,16H,4-5,10H2,1-3H3,(H,15,17). The first-order chi connectivity index (χ1) is 8.71. The number of carbonyl (C=O) groups is 1. The van der Waals surface area contributed by atoms with Crippen molar-refractivity contribution in [2.24, 2.45) is 0 Å². The Balaban J connectivity index is 2.62. The maximum atomic E-state index is 11.6. The topological polar surface area (TPSA) is 50.4 Å². The summed E-state index contributed by atoms with van der Waals surface area (Å²) in [6.45, 7) is 5.34. The number of ether oxygens (including phenoxy) is 1. The fraction of sp³-hybridized carbons (Fsp3) is 0.500. The van der Waals surface area contributed by atoms with Gasteiger partial charge in [-0.15, -0.1) is 0 Å². The molecule has 0 heterocycles. The van der Waals surface area contributed by atoms with Crippen molar-refractivity contribution in [2.45, 2.75) is 26.3 Å². The first-order valence-electron chi connectivity index (χ1n) is 6.35. The fourth-order valence-corrected chi connectivity index (χ4v) is 1.68. The lowest BCUT2D eigenvalue weighted by Crippen LogP contribution is -2.24. The predicted molar refractivity (Wildman–Crippen MR) is 74.0 cm³/mol. The molecule has 1 unspecified atom stereocenters. The molecule has 4 heteroatoms. The SMILES string of the molecule is CCNC(=O)c1ccc(NC(CC)COC)cc1. The largest absolute Gasteiger partial charge is 0.383 e. The highest BCUT2D eigenvalue weighted by Gasteiger charge is 2.07. The number of amides is 1. The second kappa shape index (κ2) is 7.71. The van der Waals surface area contributed by atoms with Crippen molar-refractivity contribution in [2.75, 3.05) is 25.6 Å². The van der Waals surface area contributed by atoms with E-state index >= 15 is 0 Å². The minimum absolute atomic E-state index is 0.0343. The zero-order chi connectivity index (χ0) is 13.4. The number of rotatable bonds is 7. The van der Waals surface area contributed by atoms with Crippen LogP contribution in [0, 0.1) is 0 Å². The van der Waals surface area contributed by atoms with Crippen molar-refractivity contribution in [3.05, 3.63) is 29.8 Å². The summed E-state index contributed by atoms with van der Waals surface area (Å²) in [6.07, 6.45) is 0.992. The normalized spacial score (nSPS) is 11.9. The smallest absolute Gasteiger partial charge is 0.251 e. The van der Waals surface area contributed by atoms with Gasteiger partial charge >= 0.3 is 0 Å². The van der Waals surface area contributed by atoms with Gasteiger partial charge in [0.1, 0.15) is 0 Å². The molecule has 100 valence electrons. The summed E-state index contributed by atoms with van der Waals surface area (Å²) >= 11 is 0. The van der Waals surface area contributed by atoms with E-state index in [2.05, 4.69) is 17.6 Å². The molecule has 4 nitrogen and oxygen atoms in total. The van der Waals surface area contributed by atoms with Gasteiger partial charge in [-0.25, -0.2) is 0 Å². The van der Waals surface area contributed by atoms with Gasteiger partial charge in [0, 0.05) is 30.9 Å². The van der Waals surface area contributed by atoms with Crippen molar-refractivity contribution >= 4 is 11.6 Å². The quantitative estimate of drug-likeness (QED) is 0.780. The molecule has 0 aromatic heterocycles. The van der Waals surface area contributed by atoms with Crippen molar-refractivity contribution in [3.8, 4) is 0 Å². The van der Waals surface area contributed by atoms with Crippen LogP contribution in [0.3, 0.4) is 0 Å². The second-order valence-electron chi connectivity index (χ2n) is 4.14. The lowest BCUT2D eigenvalue weighted by molar-refractivity contribution is 0.0956. The molecule has 0 radical (unpaired) electrons. The molecule has 1 aromatic rings. The monoisotopic (exact) mass is 250 g/mol. The number of methoxy groups -OCH3 is 1. The Hall–Kier alpha value is -1.55. The number of benzene rings is 1. The molecule has 0 spiro atoms. The van der Waals surface area contributed by atoms with Gasteiger partial charge in [0.05, 0.1) is 6.61 Å². The Morgan fingerprint density at radius 1 is 1.28 bits per heavy atom. The Bertz CT molecular complexity index is 363. The molecule has 1 amide bonds. The summed E-state index contributed by atoms with van der Waals surface area (Å²) < 4.78 is 5.13. The van der Waals surface area contributed by atoms with E-state index in [-0.39, 0.29) is 5.91 Å². The molecule has 1 rings (SSSR count). The zero-order valence-corrected chi connectivity index (χ0v) is 11.3. The van der Waals surface area contributed by atoms with Crippen molar-refractivity contribution in [1.82, 2.24) is 5.32 Å². The van der Waals surface area contributed by atoms with Crippen molar-refractivity contribution < 1.29 is 9.53 Å². The van der Waals surface area contributed by atoms with Crippen molar-refractivity contribution in [1.29, 1.82) is 0 Å². The third-order valence-corrected chi connectivity index (χ3v) is 2.72. The van der Waals surface area contributed by atoms with Gasteiger partial charge in [0.2, 0.25) is 0 Å².